The monoisotopic (exact) mass is 386 g/mol. The van der Waals surface area contributed by atoms with Crippen LogP contribution in [0.1, 0.15) is 31.3 Å². The van der Waals surface area contributed by atoms with Gasteiger partial charge in [-0.25, -0.2) is 0 Å². The second-order valence-corrected chi connectivity index (χ2v) is 8.13. The molecule has 3 rings (SSSR count). The third-order valence-corrected chi connectivity index (χ3v) is 4.65. The zero-order valence-electron chi connectivity index (χ0n) is 16.5. The Labute approximate surface area is 164 Å². The van der Waals surface area contributed by atoms with Crippen LogP contribution in [0.4, 0.5) is 17.1 Å². The molecule has 0 spiro atoms. The lowest BCUT2D eigenvalue weighted by Crippen LogP contribution is -2.48. The summed E-state index contributed by atoms with van der Waals surface area (Å²) < 4.78 is 5.19. The normalized spacial score (nSPS) is 14.8. The molecule has 0 radical (unpaired) electrons. The Hall–Kier alpha value is -3.03. The molecule has 1 fully saturated rings. The van der Waals surface area contributed by atoms with E-state index < -0.39 is 0 Å². The van der Waals surface area contributed by atoms with Crippen molar-refractivity contribution in [1.82, 2.24) is 4.90 Å². The van der Waals surface area contributed by atoms with Crippen LogP contribution in [-0.4, -0.2) is 48.5 Å². The van der Waals surface area contributed by atoms with E-state index in [-0.39, 0.29) is 21.9 Å². The smallest absolute Gasteiger partial charge is 0.292 e. The standard InChI is InChI=1S/C20H26N4O4/c1-20(2,3)14-21-16-13-15(6-7-17(16)24(26)27)22-8-10-23(11-9-22)19(25)18-5-4-12-28-18/h4-7,12-13,21H,8-11,14H2,1-3H3. The lowest BCUT2D eigenvalue weighted by Gasteiger charge is -2.36. The van der Waals surface area contributed by atoms with Gasteiger partial charge in [-0.1, -0.05) is 20.8 Å². The number of amides is 1. The Kier molecular flexibility index (Phi) is 5.58. The fourth-order valence-electron chi connectivity index (χ4n) is 3.11. The summed E-state index contributed by atoms with van der Waals surface area (Å²) in [4.78, 5) is 27.3. The van der Waals surface area contributed by atoms with Crippen molar-refractivity contribution in [2.24, 2.45) is 5.41 Å². The molecule has 2 aromatic rings. The Balaban J connectivity index is 1.70. The first-order valence-electron chi connectivity index (χ1n) is 9.35. The van der Waals surface area contributed by atoms with E-state index in [1.807, 2.05) is 6.07 Å². The Morgan fingerprint density at radius 1 is 1.21 bits per heavy atom. The van der Waals surface area contributed by atoms with Gasteiger partial charge in [0.2, 0.25) is 0 Å². The van der Waals surface area contributed by atoms with E-state index >= 15 is 0 Å². The van der Waals surface area contributed by atoms with E-state index in [2.05, 4.69) is 31.0 Å². The number of hydrogen-bond donors (Lipinski definition) is 1. The predicted molar refractivity (Wildman–Crippen MR) is 108 cm³/mol. The van der Waals surface area contributed by atoms with Crippen molar-refractivity contribution in [2.45, 2.75) is 20.8 Å². The number of benzene rings is 1. The SMILES string of the molecule is CC(C)(C)CNc1cc(N2CCN(C(=O)c3ccco3)CC2)ccc1[N+](=O)[O-]. The van der Waals surface area contributed by atoms with Gasteiger partial charge < -0.3 is 19.5 Å². The average molecular weight is 386 g/mol. The van der Waals surface area contributed by atoms with Crippen LogP contribution < -0.4 is 10.2 Å². The number of furan rings is 1. The predicted octanol–water partition coefficient (Wildman–Crippen LogP) is 3.61. The minimum absolute atomic E-state index is 0.00170. The fraction of sp³-hybridized carbons (Fsp3) is 0.450. The summed E-state index contributed by atoms with van der Waals surface area (Å²) in [6, 6.07) is 8.50. The van der Waals surface area contributed by atoms with Gasteiger partial charge in [-0.3, -0.25) is 14.9 Å². The van der Waals surface area contributed by atoms with Crippen molar-refractivity contribution in [3.8, 4) is 0 Å². The van der Waals surface area contributed by atoms with Crippen molar-refractivity contribution in [3.63, 3.8) is 0 Å². The summed E-state index contributed by atoms with van der Waals surface area (Å²) in [6.45, 7) is 9.30. The van der Waals surface area contributed by atoms with Crippen LogP contribution >= 0.6 is 0 Å². The molecule has 8 nitrogen and oxygen atoms in total. The molecule has 1 aromatic heterocycles. The van der Waals surface area contributed by atoms with E-state index in [9.17, 15) is 14.9 Å². The average Bonchev–Trinajstić information content (AvgIpc) is 3.20. The second kappa shape index (κ2) is 7.92. The van der Waals surface area contributed by atoms with Gasteiger partial charge in [0.1, 0.15) is 5.69 Å². The molecule has 1 aliphatic heterocycles. The maximum Gasteiger partial charge on any atom is 0.292 e. The van der Waals surface area contributed by atoms with Gasteiger partial charge in [0.15, 0.2) is 5.76 Å². The van der Waals surface area contributed by atoms with Crippen LogP contribution in [0.25, 0.3) is 0 Å². The minimum atomic E-state index is -0.366. The molecule has 1 amide bonds. The van der Waals surface area contributed by atoms with Crippen molar-refractivity contribution < 1.29 is 14.1 Å². The summed E-state index contributed by atoms with van der Waals surface area (Å²) in [6.07, 6.45) is 1.49. The molecular weight excluding hydrogens is 360 g/mol. The van der Waals surface area contributed by atoms with Crippen LogP contribution in [0.2, 0.25) is 0 Å². The zero-order chi connectivity index (χ0) is 20.3. The summed E-state index contributed by atoms with van der Waals surface area (Å²) in [5.41, 5.74) is 1.50. The second-order valence-electron chi connectivity index (χ2n) is 8.13. The number of anilines is 2. The van der Waals surface area contributed by atoms with E-state index in [4.69, 9.17) is 4.42 Å². The first-order chi connectivity index (χ1) is 13.2. The van der Waals surface area contributed by atoms with Gasteiger partial charge in [0.25, 0.3) is 11.6 Å². The zero-order valence-corrected chi connectivity index (χ0v) is 16.5. The topological polar surface area (TPSA) is 91.9 Å². The van der Waals surface area contributed by atoms with Crippen LogP contribution in [0, 0.1) is 15.5 Å². The van der Waals surface area contributed by atoms with E-state index in [1.54, 1.807) is 29.2 Å². The number of piperazine rings is 1. The summed E-state index contributed by atoms with van der Waals surface area (Å²) in [7, 11) is 0. The summed E-state index contributed by atoms with van der Waals surface area (Å²) in [5.74, 6) is 0.235. The van der Waals surface area contributed by atoms with E-state index in [0.29, 0.717) is 44.2 Å². The van der Waals surface area contributed by atoms with Crippen molar-refractivity contribution in [2.75, 3.05) is 42.9 Å². The van der Waals surface area contributed by atoms with Gasteiger partial charge in [-0.05, 0) is 29.7 Å². The Bertz CT molecular complexity index is 834. The number of nitro groups is 1. The highest BCUT2D eigenvalue weighted by Crippen LogP contribution is 2.31. The molecule has 28 heavy (non-hydrogen) atoms. The number of hydrogen-bond acceptors (Lipinski definition) is 6. The molecular formula is C20H26N4O4. The molecule has 150 valence electrons. The van der Waals surface area contributed by atoms with Gasteiger partial charge in [0, 0.05) is 44.5 Å². The first-order valence-corrected chi connectivity index (χ1v) is 9.35. The molecule has 0 unspecified atom stereocenters. The largest absolute Gasteiger partial charge is 0.459 e. The molecule has 0 aliphatic carbocycles. The van der Waals surface area contributed by atoms with Gasteiger partial charge >= 0.3 is 0 Å². The van der Waals surface area contributed by atoms with Crippen LogP contribution in [-0.2, 0) is 0 Å². The highest BCUT2D eigenvalue weighted by molar-refractivity contribution is 5.91. The quantitative estimate of drug-likeness (QED) is 0.623. The van der Waals surface area contributed by atoms with Crippen molar-refractivity contribution >= 4 is 23.0 Å². The lowest BCUT2D eigenvalue weighted by atomic mass is 9.97. The Morgan fingerprint density at radius 2 is 1.93 bits per heavy atom. The molecule has 0 saturated carbocycles. The first kappa shape index (κ1) is 19.7. The summed E-state index contributed by atoms with van der Waals surface area (Å²) in [5, 5.41) is 14.6. The molecule has 1 saturated heterocycles. The fourth-order valence-corrected chi connectivity index (χ4v) is 3.11. The highest BCUT2D eigenvalue weighted by Gasteiger charge is 2.25. The maximum atomic E-state index is 12.4. The highest BCUT2D eigenvalue weighted by atomic mass is 16.6. The van der Waals surface area contributed by atoms with Crippen LogP contribution in [0.3, 0.4) is 0 Å². The van der Waals surface area contributed by atoms with Gasteiger partial charge in [0.05, 0.1) is 11.2 Å². The van der Waals surface area contributed by atoms with E-state index in [0.717, 1.165) is 5.69 Å². The molecule has 8 heteroatoms. The third-order valence-electron chi connectivity index (χ3n) is 4.65. The molecule has 2 heterocycles. The third kappa shape index (κ3) is 4.62. The van der Waals surface area contributed by atoms with Crippen LogP contribution in [0.5, 0.6) is 0 Å². The van der Waals surface area contributed by atoms with Gasteiger partial charge in [-0.2, -0.15) is 0 Å². The summed E-state index contributed by atoms with van der Waals surface area (Å²) >= 11 is 0. The molecule has 1 aromatic carbocycles. The molecule has 0 bridgehead atoms. The lowest BCUT2D eigenvalue weighted by molar-refractivity contribution is -0.384. The molecule has 1 N–H and O–H groups in total. The minimum Gasteiger partial charge on any atom is -0.459 e. The maximum absolute atomic E-state index is 12.4. The number of nitro benzene ring substituents is 1. The van der Waals surface area contributed by atoms with Gasteiger partial charge in [-0.15, -0.1) is 0 Å². The van der Waals surface area contributed by atoms with Crippen molar-refractivity contribution in [3.05, 3.63) is 52.5 Å². The Morgan fingerprint density at radius 3 is 2.50 bits per heavy atom. The number of carbonyl (C=O) groups is 1. The number of nitrogens with one attached hydrogen (secondary N) is 1. The number of nitrogens with zero attached hydrogens (tertiary/aromatic N) is 3. The number of carbonyl (C=O) groups excluding carboxylic acids is 1. The van der Waals surface area contributed by atoms with Crippen LogP contribution in [0.15, 0.2) is 41.0 Å². The molecule has 1 aliphatic rings. The number of rotatable bonds is 5. The van der Waals surface area contributed by atoms with Crippen molar-refractivity contribution in [1.29, 1.82) is 0 Å². The van der Waals surface area contributed by atoms with E-state index in [1.165, 1.54) is 6.26 Å². The molecule has 0 atom stereocenters.